The van der Waals surface area contributed by atoms with Crippen LogP contribution in [0.15, 0.2) is 18.2 Å². The lowest BCUT2D eigenvalue weighted by Gasteiger charge is -2.15. The molecule has 8 heteroatoms. The highest BCUT2D eigenvalue weighted by Gasteiger charge is 2.15. The van der Waals surface area contributed by atoms with Crippen LogP contribution >= 0.6 is 11.6 Å². The maximum atomic E-state index is 12.1. The molecule has 0 radical (unpaired) electrons. The molecule has 23 heavy (non-hydrogen) atoms. The van der Waals surface area contributed by atoms with E-state index in [-0.39, 0.29) is 31.4 Å². The molecular weight excluding hydrogens is 322 g/mol. The summed E-state index contributed by atoms with van der Waals surface area (Å²) in [7, 11) is 3.23. The van der Waals surface area contributed by atoms with E-state index < -0.39 is 6.09 Å². The highest BCUT2D eigenvalue weighted by Crippen LogP contribution is 2.22. The summed E-state index contributed by atoms with van der Waals surface area (Å²) in [5, 5.41) is 5.48. The third kappa shape index (κ3) is 6.15. The number of hydrogen-bond acceptors (Lipinski definition) is 4. The molecule has 0 bridgehead atoms. The molecule has 2 N–H and O–H groups in total. The highest BCUT2D eigenvalue weighted by atomic mass is 35.5. The van der Waals surface area contributed by atoms with Gasteiger partial charge in [0.2, 0.25) is 5.91 Å². The van der Waals surface area contributed by atoms with Crippen molar-refractivity contribution in [2.75, 3.05) is 32.6 Å². The molecule has 0 aliphatic rings. The molecule has 126 valence electrons. The molecule has 0 heterocycles. The average molecular weight is 342 g/mol. The minimum Gasteiger partial charge on any atom is -0.450 e. The summed E-state index contributed by atoms with van der Waals surface area (Å²) in [6, 6.07) is 4.64. The molecule has 1 rings (SSSR count). The highest BCUT2D eigenvalue weighted by molar-refractivity contribution is 6.31. The second kappa shape index (κ2) is 8.99. The van der Waals surface area contributed by atoms with Crippen molar-refractivity contribution in [2.45, 2.75) is 13.3 Å². The third-order valence-electron chi connectivity index (χ3n) is 2.79. The van der Waals surface area contributed by atoms with Crippen molar-refractivity contribution in [3.8, 4) is 0 Å². The van der Waals surface area contributed by atoms with E-state index in [1.807, 2.05) is 0 Å². The zero-order chi connectivity index (χ0) is 17.4. The summed E-state index contributed by atoms with van der Waals surface area (Å²) in [5.41, 5.74) is 0.670. The number of nitrogens with one attached hydrogen (secondary N) is 2. The van der Waals surface area contributed by atoms with Crippen LogP contribution in [0.25, 0.3) is 0 Å². The first-order valence-electron chi connectivity index (χ1n) is 7.06. The van der Waals surface area contributed by atoms with E-state index in [1.165, 1.54) is 11.0 Å². The Balaban J connectivity index is 2.68. The van der Waals surface area contributed by atoms with E-state index >= 15 is 0 Å². The molecule has 0 aromatic heterocycles. The van der Waals surface area contributed by atoms with Crippen LogP contribution in [0.3, 0.4) is 0 Å². The van der Waals surface area contributed by atoms with Crippen molar-refractivity contribution in [2.24, 2.45) is 0 Å². The Hall–Kier alpha value is -2.28. The van der Waals surface area contributed by atoms with Gasteiger partial charge in [0.05, 0.1) is 17.9 Å². The van der Waals surface area contributed by atoms with E-state index in [1.54, 1.807) is 33.2 Å². The number of carbonyl (C=O) groups is 3. The van der Waals surface area contributed by atoms with Crippen LogP contribution in [0.1, 0.15) is 23.7 Å². The van der Waals surface area contributed by atoms with Crippen molar-refractivity contribution in [3.63, 3.8) is 0 Å². The lowest BCUT2D eigenvalue weighted by atomic mass is 10.1. The van der Waals surface area contributed by atoms with Crippen molar-refractivity contribution < 1.29 is 19.1 Å². The Labute approximate surface area is 139 Å². The Morgan fingerprint density at radius 2 is 1.96 bits per heavy atom. The molecule has 0 spiro atoms. The Morgan fingerprint density at radius 1 is 1.26 bits per heavy atom. The van der Waals surface area contributed by atoms with E-state index in [9.17, 15) is 14.4 Å². The Morgan fingerprint density at radius 3 is 2.57 bits per heavy atom. The van der Waals surface area contributed by atoms with E-state index in [0.29, 0.717) is 16.3 Å². The smallest absolute Gasteiger partial charge is 0.407 e. The van der Waals surface area contributed by atoms with Gasteiger partial charge in [-0.2, -0.15) is 0 Å². The molecule has 0 unspecified atom stereocenters. The molecule has 0 aliphatic heterocycles. The van der Waals surface area contributed by atoms with Crippen LogP contribution in [0.2, 0.25) is 5.02 Å². The van der Waals surface area contributed by atoms with Crippen LogP contribution in [-0.4, -0.2) is 50.1 Å². The third-order valence-corrected chi connectivity index (χ3v) is 3.02. The van der Waals surface area contributed by atoms with Gasteiger partial charge in [-0.3, -0.25) is 9.59 Å². The average Bonchev–Trinajstić information content (AvgIpc) is 2.47. The van der Waals surface area contributed by atoms with E-state index in [4.69, 9.17) is 11.6 Å². The summed E-state index contributed by atoms with van der Waals surface area (Å²) in [4.78, 5) is 36.5. The van der Waals surface area contributed by atoms with Gasteiger partial charge in [-0.05, 0) is 25.1 Å². The van der Waals surface area contributed by atoms with Crippen LogP contribution in [0, 0.1) is 0 Å². The molecule has 0 fully saturated rings. The zero-order valence-corrected chi connectivity index (χ0v) is 14.1. The summed E-state index contributed by atoms with van der Waals surface area (Å²) >= 11 is 5.92. The fraction of sp³-hybridized carbons (Fsp3) is 0.400. The first-order chi connectivity index (χ1) is 10.8. The number of alkyl carbamates (subject to hydrolysis) is 1. The molecule has 0 aliphatic carbocycles. The SMILES string of the molecule is CCOC(=O)NCCC(=O)Nc1cc(Cl)ccc1C(=O)N(C)C. The molecular formula is C15H20ClN3O4. The number of anilines is 1. The zero-order valence-electron chi connectivity index (χ0n) is 13.3. The van der Waals surface area contributed by atoms with Gasteiger partial charge in [-0.15, -0.1) is 0 Å². The molecule has 3 amide bonds. The number of hydrogen-bond donors (Lipinski definition) is 2. The first kappa shape index (κ1) is 18.8. The number of amides is 3. The molecule has 0 saturated heterocycles. The number of ether oxygens (including phenoxy) is 1. The second-order valence-corrected chi connectivity index (χ2v) is 5.27. The second-order valence-electron chi connectivity index (χ2n) is 4.83. The summed E-state index contributed by atoms with van der Waals surface area (Å²) < 4.78 is 4.69. The lowest BCUT2D eigenvalue weighted by Crippen LogP contribution is -2.29. The maximum Gasteiger partial charge on any atom is 0.407 e. The summed E-state index contributed by atoms with van der Waals surface area (Å²) in [6.45, 7) is 2.08. The predicted molar refractivity (Wildman–Crippen MR) is 87.7 cm³/mol. The number of halogens is 1. The van der Waals surface area contributed by atoms with Gasteiger partial charge in [0, 0.05) is 32.1 Å². The van der Waals surface area contributed by atoms with Crippen molar-refractivity contribution in [1.29, 1.82) is 0 Å². The maximum absolute atomic E-state index is 12.1. The molecule has 1 aromatic carbocycles. The predicted octanol–water partition coefficient (Wildman–Crippen LogP) is 2.12. The number of carbonyl (C=O) groups excluding carboxylic acids is 3. The van der Waals surface area contributed by atoms with Gasteiger partial charge in [-0.25, -0.2) is 4.79 Å². The van der Waals surface area contributed by atoms with Crippen molar-refractivity contribution in [1.82, 2.24) is 10.2 Å². The minimum absolute atomic E-state index is 0.0426. The fourth-order valence-corrected chi connectivity index (χ4v) is 1.89. The van der Waals surface area contributed by atoms with Gasteiger partial charge in [0.1, 0.15) is 0 Å². The van der Waals surface area contributed by atoms with Crippen molar-refractivity contribution in [3.05, 3.63) is 28.8 Å². The van der Waals surface area contributed by atoms with E-state index in [0.717, 1.165) is 0 Å². The molecule has 1 aromatic rings. The topological polar surface area (TPSA) is 87.7 Å². The van der Waals surface area contributed by atoms with Gasteiger partial charge in [-0.1, -0.05) is 11.6 Å². The molecule has 0 saturated carbocycles. The van der Waals surface area contributed by atoms with Crippen LogP contribution in [0.5, 0.6) is 0 Å². The normalized spacial score (nSPS) is 9.91. The summed E-state index contributed by atoms with van der Waals surface area (Å²) in [6.07, 6.45) is -0.535. The summed E-state index contributed by atoms with van der Waals surface area (Å²) in [5.74, 6) is -0.599. The van der Waals surface area contributed by atoms with Crippen LogP contribution < -0.4 is 10.6 Å². The number of nitrogens with zero attached hydrogens (tertiary/aromatic N) is 1. The van der Waals surface area contributed by atoms with Crippen LogP contribution in [-0.2, 0) is 9.53 Å². The van der Waals surface area contributed by atoms with Crippen molar-refractivity contribution >= 4 is 35.2 Å². The molecule has 0 atom stereocenters. The quantitative estimate of drug-likeness (QED) is 0.829. The Kier molecular flexibility index (Phi) is 7.34. The van der Waals surface area contributed by atoms with Gasteiger partial charge < -0.3 is 20.3 Å². The first-order valence-corrected chi connectivity index (χ1v) is 7.44. The fourth-order valence-electron chi connectivity index (χ4n) is 1.72. The van der Waals surface area contributed by atoms with E-state index in [2.05, 4.69) is 15.4 Å². The molecule has 7 nitrogen and oxygen atoms in total. The monoisotopic (exact) mass is 341 g/mol. The van der Waals surface area contributed by atoms with Gasteiger partial charge in [0.15, 0.2) is 0 Å². The lowest BCUT2D eigenvalue weighted by molar-refractivity contribution is -0.116. The number of rotatable bonds is 6. The standard InChI is InChI=1S/C15H20ClN3O4/c1-4-23-15(22)17-8-7-13(20)18-12-9-10(16)5-6-11(12)14(21)19(2)3/h5-6,9H,4,7-8H2,1-3H3,(H,17,22)(H,18,20). The number of benzene rings is 1. The largest absolute Gasteiger partial charge is 0.450 e. The van der Waals surface area contributed by atoms with Crippen LogP contribution in [0.4, 0.5) is 10.5 Å². The van der Waals surface area contributed by atoms with Gasteiger partial charge >= 0.3 is 6.09 Å². The minimum atomic E-state index is -0.577. The van der Waals surface area contributed by atoms with Gasteiger partial charge in [0.25, 0.3) is 5.91 Å². The Bertz CT molecular complexity index is 590.